The minimum atomic E-state index is 0. The van der Waals surface area contributed by atoms with E-state index in [1.54, 1.807) is 0 Å². The van der Waals surface area contributed by atoms with E-state index in [0.717, 1.165) is 0 Å². The molecule has 0 fully saturated rings. The van der Waals surface area contributed by atoms with Gasteiger partial charge >= 0.3 is 0 Å². The number of unbranched alkanes of at least 4 members (excludes halogenated alkanes) is 15. The minimum Gasteiger partial charge on any atom is -0.302 e. The van der Waals surface area contributed by atoms with Crippen molar-refractivity contribution in [1.29, 1.82) is 0 Å². The molecule has 29 heavy (non-hydrogen) atoms. The van der Waals surface area contributed by atoms with Crippen molar-refractivity contribution < 1.29 is 2.85 Å². The van der Waals surface area contributed by atoms with Crippen LogP contribution in [0.4, 0.5) is 0 Å². The molecule has 2 nitrogen and oxygen atoms in total. The fraction of sp³-hybridized carbons (Fsp3) is 1.00. The van der Waals surface area contributed by atoms with Crippen LogP contribution in [0, 0.1) is 0 Å². The summed E-state index contributed by atoms with van der Waals surface area (Å²) < 4.78 is 0. The maximum atomic E-state index is 2.66. The van der Waals surface area contributed by atoms with Crippen molar-refractivity contribution in [2.24, 2.45) is 0 Å². The van der Waals surface area contributed by atoms with Gasteiger partial charge in [-0.15, -0.1) is 0 Å². The van der Waals surface area contributed by atoms with Gasteiger partial charge in [-0.1, -0.05) is 124 Å². The summed E-state index contributed by atoms with van der Waals surface area (Å²) in [6, 6.07) is 0.686. The first-order chi connectivity index (χ1) is 14.2. The van der Waals surface area contributed by atoms with Gasteiger partial charge < -0.3 is 4.90 Å². The summed E-state index contributed by atoms with van der Waals surface area (Å²) in [5, 5.41) is 0. The van der Waals surface area contributed by atoms with Gasteiger partial charge in [0.05, 0.1) is 0 Å². The number of likely N-dealkylation sites (N-methyl/N-ethyl adjacent to an activating group) is 2. The van der Waals surface area contributed by atoms with E-state index in [1.807, 2.05) is 0 Å². The average molecular weight is 415 g/mol. The highest BCUT2D eigenvalue weighted by atomic mass is 15.2. The van der Waals surface area contributed by atoms with Gasteiger partial charge in [-0.2, -0.15) is 0 Å². The second-order valence-electron chi connectivity index (χ2n) is 9.27. The Hall–Kier alpha value is -0.0800. The Kier molecular flexibility index (Phi) is 22.5. The van der Waals surface area contributed by atoms with Crippen molar-refractivity contribution in [2.45, 2.75) is 143 Å². The van der Waals surface area contributed by atoms with Crippen LogP contribution in [-0.4, -0.2) is 48.6 Å². The number of nitrogens with zero attached hydrogens (tertiary/aromatic N) is 2. The van der Waals surface area contributed by atoms with Gasteiger partial charge in [0.25, 0.3) is 0 Å². The van der Waals surface area contributed by atoms with Crippen molar-refractivity contribution in [3.05, 3.63) is 0 Å². The third-order valence-electron chi connectivity index (χ3n) is 6.73. The molecule has 0 aromatic heterocycles. The van der Waals surface area contributed by atoms with Crippen molar-refractivity contribution in [3.8, 4) is 0 Å². The van der Waals surface area contributed by atoms with Crippen LogP contribution in [0.25, 0.3) is 0 Å². The van der Waals surface area contributed by atoms with Crippen molar-refractivity contribution in [1.82, 2.24) is 9.80 Å². The molecule has 180 valence electrons. The lowest BCUT2D eigenvalue weighted by Gasteiger charge is -2.31. The maximum absolute atomic E-state index is 2.66. The quantitative estimate of drug-likeness (QED) is 0.154. The maximum Gasteiger partial charge on any atom is 0.0194 e. The molecule has 0 bridgehead atoms. The van der Waals surface area contributed by atoms with Crippen LogP contribution in [0.3, 0.4) is 0 Å². The zero-order valence-corrected chi connectivity index (χ0v) is 21.3. The zero-order chi connectivity index (χ0) is 21.6. The number of hydrogen-bond donors (Lipinski definition) is 0. The van der Waals surface area contributed by atoms with E-state index in [0.29, 0.717) is 6.04 Å². The summed E-state index contributed by atoms with van der Waals surface area (Å²) in [7, 11) is 0. The molecule has 1 atom stereocenters. The molecule has 0 saturated heterocycles. The van der Waals surface area contributed by atoms with Crippen LogP contribution >= 0.6 is 0 Å². The van der Waals surface area contributed by atoms with Gasteiger partial charge in [0.2, 0.25) is 0 Å². The molecule has 0 amide bonds. The fourth-order valence-electron chi connectivity index (χ4n) is 4.60. The third-order valence-corrected chi connectivity index (χ3v) is 6.73. The van der Waals surface area contributed by atoms with Crippen LogP contribution < -0.4 is 0 Å². The summed E-state index contributed by atoms with van der Waals surface area (Å²) in [4.78, 5) is 5.24. The van der Waals surface area contributed by atoms with E-state index in [2.05, 4.69) is 44.4 Å². The smallest absolute Gasteiger partial charge is 0.0194 e. The topological polar surface area (TPSA) is 6.48 Å². The molecular formula is C27H62N2. The standard InChI is InChI=1S/C27H58N2.2H2/c1-6-10-11-12-13-14-15-16-17-18-19-20-21-22-23-24-25-28(7-2)26-27(5)29(8-3)9-4;;/h27H,6-26H2,1-5H3;2*1H. The van der Waals surface area contributed by atoms with Gasteiger partial charge in [0, 0.05) is 15.4 Å². The molecule has 0 rings (SSSR count). The summed E-state index contributed by atoms with van der Waals surface area (Å²) in [5.41, 5.74) is 0. The lowest BCUT2D eigenvalue weighted by molar-refractivity contribution is 0.161. The lowest BCUT2D eigenvalue weighted by atomic mass is 10.0. The molecule has 0 aliphatic heterocycles. The van der Waals surface area contributed by atoms with E-state index in [1.165, 1.54) is 135 Å². The largest absolute Gasteiger partial charge is 0.302 e. The molecule has 1 unspecified atom stereocenters. The second-order valence-corrected chi connectivity index (χ2v) is 9.27. The highest BCUT2D eigenvalue weighted by Crippen LogP contribution is 2.14. The van der Waals surface area contributed by atoms with E-state index < -0.39 is 0 Å². The van der Waals surface area contributed by atoms with Crippen molar-refractivity contribution in [2.75, 3.05) is 32.7 Å². The van der Waals surface area contributed by atoms with Crippen LogP contribution in [0.5, 0.6) is 0 Å². The Morgan fingerprint density at radius 3 is 1.24 bits per heavy atom. The molecule has 0 aromatic rings. The summed E-state index contributed by atoms with van der Waals surface area (Å²) in [6.07, 6.45) is 23.3. The Labute approximate surface area is 189 Å². The number of rotatable bonds is 23. The summed E-state index contributed by atoms with van der Waals surface area (Å²) in [6.45, 7) is 17.7. The van der Waals surface area contributed by atoms with E-state index in [9.17, 15) is 0 Å². The first kappa shape index (κ1) is 28.9. The highest BCUT2D eigenvalue weighted by molar-refractivity contribution is 4.70. The molecular weight excluding hydrogens is 352 g/mol. The third kappa shape index (κ3) is 18.4. The summed E-state index contributed by atoms with van der Waals surface area (Å²) >= 11 is 0. The molecule has 0 spiro atoms. The molecule has 0 heterocycles. The Bertz CT molecular complexity index is 312. The molecule has 0 aliphatic carbocycles. The highest BCUT2D eigenvalue weighted by Gasteiger charge is 2.13. The van der Waals surface area contributed by atoms with Gasteiger partial charge in [-0.05, 0) is 39.5 Å². The fourth-order valence-corrected chi connectivity index (χ4v) is 4.60. The number of hydrogen-bond acceptors (Lipinski definition) is 2. The van der Waals surface area contributed by atoms with Crippen molar-refractivity contribution >= 4 is 0 Å². The van der Waals surface area contributed by atoms with E-state index >= 15 is 0 Å². The predicted octanol–water partition coefficient (Wildman–Crippen LogP) is 8.79. The molecule has 0 saturated carbocycles. The van der Waals surface area contributed by atoms with Gasteiger partial charge in [-0.3, -0.25) is 4.90 Å². The minimum absolute atomic E-state index is 0. The Morgan fingerprint density at radius 1 is 0.517 bits per heavy atom. The van der Waals surface area contributed by atoms with Crippen LogP contribution in [0.15, 0.2) is 0 Å². The van der Waals surface area contributed by atoms with Crippen LogP contribution in [-0.2, 0) is 0 Å². The van der Waals surface area contributed by atoms with Crippen molar-refractivity contribution in [3.63, 3.8) is 0 Å². The molecule has 0 N–H and O–H groups in total. The Balaban J connectivity index is -0.00000392. The summed E-state index contributed by atoms with van der Waals surface area (Å²) in [5.74, 6) is 0. The zero-order valence-electron chi connectivity index (χ0n) is 21.3. The Morgan fingerprint density at radius 2 is 0.897 bits per heavy atom. The van der Waals surface area contributed by atoms with Gasteiger partial charge in [0.15, 0.2) is 0 Å². The van der Waals surface area contributed by atoms with Crippen LogP contribution in [0.2, 0.25) is 0 Å². The first-order valence-electron chi connectivity index (χ1n) is 13.7. The van der Waals surface area contributed by atoms with Gasteiger partial charge in [-0.25, -0.2) is 0 Å². The first-order valence-corrected chi connectivity index (χ1v) is 13.7. The lowest BCUT2D eigenvalue weighted by Crippen LogP contribution is -2.42. The van der Waals surface area contributed by atoms with Gasteiger partial charge in [0.1, 0.15) is 0 Å². The average Bonchev–Trinajstić information content (AvgIpc) is 2.73. The molecule has 0 aliphatic rings. The predicted molar refractivity (Wildman–Crippen MR) is 138 cm³/mol. The normalized spacial score (nSPS) is 12.9. The van der Waals surface area contributed by atoms with E-state index in [-0.39, 0.29) is 2.85 Å². The monoisotopic (exact) mass is 414 g/mol. The molecule has 0 radical (unpaired) electrons. The van der Waals surface area contributed by atoms with E-state index in [4.69, 9.17) is 0 Å². The molecule has 0 aromatic carbocycles. The second kappa shape index (κ2) is 22.6. The van der Waals surface area contributed by atoms with Crippen LogP contribution in [0.1, 0.15) is 140 Å². The SMILES string of the molecule is CCCCCCCCCCCCCCCCCCN(CC)CC(C)N(CC)CC.[HH].[HH]. The molecule has 2 heteroatoms.